The minimum atomic E-state index is -0.0126. The Morgan fingerprint density at radius 3 is 2.94 bits per heavy atom. The fourth-order valence-electron chi connectivity index (χ4n) is 1.79. The van der Waals surface area contributed by atoms with Crippen molar-refractivity contribution in [1.82, 2.24) is 5.06 Å². The molecule has 16 heavy (non-hydrogen) atoms. The molecule has 0 saturated carbocycles. The van der Waals surface area contributed by atoms with Gasteiger partial charge in [0, 0.05) is 6.42 Å². The van der Waals surface area contributed by atoms with E-state index in [0.717, 1.165) is 12.8 Å². The molecule has 0 aliphatic carbocycles. The Balaban J connectivity index is 2.30. The fourth-order valence-corrected chi connectivity index (χ4v) is 1.79. The molecule has 0 bridgehead atoms. The summed E-state index contributed by atoms with van der Waals surface area (Å²) in [5.41, 5.74) is 0. The van der Waals surface area contributed by atoms with Gasteiger partial charge in [-0.25, -0.2) is 5.06 Å². The summed E-state index contributed by atoms with van der Waals surface area (Å²) in [5.74, 6) is 0.112. The molecular formula is C13H23NO2. The Hall–Kier alpha value is -0.830. The second-order valence-corrected chi connectivity index (χ2v) is 4.49. The zero-order valence-corrected chi connectivity index (χ0v) is 10.6. The van der Waals surface area contributed by atoms with Crippen molar-refractivity contribution in [3.63, 3.8) is 0 Å². The molecule has 1 unspecified atom stereocenters. The Morgan fingerprint density at radius 1 is 1.62 bits per heavy atom. The number of hydrogen-bond acceptors (Lipinski definition) is 2. The van der Waals surface area contributed by atoms with Gasteiger partial charge in [0.15, 0.2) is 0 Å². The van der Waals surface area contributed by atoms with Crippen LogP contribution in [0.2, 0.25) is 0 Å². The Bertz CT molecular complexity index is 250. The highest BCUT2D eigenvalue weighted by molar-refractivity contribution is 5.77. The molecule has 1 aliphatic heterocycles. The van der Waals surface area contributed by atoms with Crippen molar-refractivity contribution in [2.24, 2.45) is 0 Å². The van der Waals surface area contributed by atoms with E-state index in [2.05, 4.69) is 13.0 Å². The number of allylic oxidation sites excluding steroid dienone is 1. The van der Waals surface area contributed by atoms with E-state index in [4.69, 9.17) is 4.84 Å². The Kier molecular flexibility index (Phi) is 5.53. The first-order valence-electron chi connectivity index (χ1n) is 6.30. The van der Waals surface area contributed by atoms with E-state index in [1.807, 2.05) is 19.9 Å². The van der Waals surface area contributed by atoms with Gasteiger partial charge >= 0.3 is 0 Å². The second-order valence-electron chi connectivity index (χ2n) is 4.49. The number of nitrogens with zero attached hydrogens (tertiary/aromatic N) is 1. The van der Waals surface area contributed by atoms with Crippen molar-refractivity contribution in [3.05, 3.63) is 12.2 Å². The van der Waals surface area contributed by atoms with Crippen LogP contribution < -0.4 is 0 Å². The van der Waals surface area contributed by atoms with Crippen LogP contribution in [0.4, 0.5) is 0 Å². The summed E-state index contributed by atoms with van der Waals surface area (Å²) < 4.78 is 0. The predicted octanol–water partition coefficient (Wildman–Crippen LogP) is 3.06. The summed E-state index contributed by atoms with van der Waals surface area (Å²) in [7, 11) is 0. The van der Waals surface area contributed by atoms with Crippen molar-refractivity contribution in [2.75, 3.05) is 0 Å². The van der Waals surface area contributed by atoms with Crippen LogP contribution in [0, 0.1) is 0 Å². The summed E-state index contributed by atoms with van der Waals surface area (Å²) in [6, 6.07) is 0.221. The first kappa shape index (κ1) is 13.2. The summed E-state index contributed by atoms with van der Waals surface area (Å²) in [4.78, 5) is 17.1. The molecule has 1 amide bonds. The maximum atomic E-state index is 11.5. The van der Waals surface area contributed by atoms with E-state index in [1.165, 1.54) is 17.9 Å². The van der Waals surface area contributed by atoms with E-state index in [-0.39, 0.29) is 18.1 Å². The highest BCUT2D eigenvalue weighted by Crippen LogP contribution is 2.19. The maximum Gasteiger partial charge on any atom is 0.246 e. The number of hydroxylamine groups is 2. The lowest BCUT2D eigenvalue weighted by Gasteiger charge is -2.23. The zero-order valence-electron chi connectivity index (χ0n) is 10.6. The van der Waals surface area contributed by atoms with Gasteiger partial charge in [0.05, 0.1) is 6.04 Å². The lowest BCUT2D eigenvalue weighted by atomic mass is 10.2. The smallest absolute Gasteiger partial charge is 0.246 e. The molecule has 1 saturated heterocycles. The van der Waals surface area contributed by atoms with Gasteiger partial charge in [0.2, 0.25) is 5.91 Å². The highest BCUT2D eigenvalue weighted by atomic mass is 16.7. The minimum absolute atomic E-state index is 0.0126. The lowest BCUT2D eigenvalue weighted by Crippen LogP contribution is -2.33. The second kappa shape index (κ2) is 6.69. The molecule has 1 fully saturated rings. The van der Waals surface area contributed by atoms with Gasteiger partial charge in [0.1, 0.15) is 6.10 Å². The van der Waals surface area contributed by atoms with Crippen molar-refractivity contribution in [2.45, 2.75) is 65.0 Å². The summed E-state index contributed by atoms with van der Waals surface area (Å²) >= 11 is 0. The van der Waals surface area contributed by atoms with Crippen LogP contribution in [0.5, 0.6) is 0 Å². The molecule has 0 aromatic heterocycles. The monoisotopic (exact) mass is 225 g/mol. The summed E-state index contributed by atoms with van der Waals surface area (Å²) in [5, 5.41) is 1.54. The average Bonchev–Trinajstić information content (AvgIpc) is 2.56. The van der Waals surface area contributed by atoms with Gasteiger partial charge in [-0.2, -0.15) is 0 Å². The van der Waals surface area contributed by atoms with Gasteiger partial charge in [-0.3, -0.25) is 9.63 Å². The van der Waals surface area contributed by atoms with Crippen molar-refractivity contribution in [1.29, 1.82) is 0 Å². The molecule has 1 heterocycles. The van der Waals surface area contributed by atoms with E-state index in [9.17, 15) is 4.79 Å². The van der Waals surface area contributed by atoms with Crippen molar-refractivity contribution < 1.29 is 9.63 Å². The van der Waals surface area contributed by atoms with Gasteiger partial charge in [-0.15, -0.1) is 0 Å². The predicted molar refractivity (Wildman–Crippen MR) is 64.8 cm³/mol. The fraction of sp³-hybridized carbons (Fsp3) is 0.769. The molecule has 0 N–H and O–H groups in total. The van der Waals surface area contributed by atoms with Crippen molar-refractivity contribution >= 4 is 5.91 Å². The average molecular weight is 225 g/mol. The zero-order chi connectivity index (χ0) is 12.0. The quantitative estimate of drug-likeness (QED) is 0.513. The Labute approximate surface area is 98.4 Å². The molecule has 3 heteroatoms. The summed E-state index contributed by atoms with van der Waals surface area (Å²) in [6.07, 6.45) is 9.20. The normalized spacial score (nSPS) is 23.3. The number of amides is 1. The number of rotatable bonds is 6. The van der Waals surface area contributed by atoms with Crippen LogP contribution in [-0.2, 0) is 9.63 Å². The topological polar surface area (TPSA) is 29.5 Å². The number of hydrogen-bond donors (Lipinski definition) is 0. The molecule has 1 aliphatic rings. The first-order valence-corrected chi connectivity index (χ1v) is 6.30. The third kappa shape index (κ3) is 3.97. The van der Waals surface area contributed by atoms with Crippen LogP contribution in [-0.4, -0.2) is 23.1 Å². The molecule has 0 spiro atoms. The maximum absolute atomic E-state index is 11.5. The molecule has 2 atom stereocenters. The molecule has 92 valence electrons. The molecule has 0 aromatic carbocycles. The van der Waals surface area contributed by atoms with Gasteiger partial charge in [0.25, 0.3) is 0 Å². The SMILES string of the molecule is CCCC/C=C/C(C)ON1C(=O)CC[C@H]1C. The van der Waals surface area contributed by atoms with Crippen LogP contribution in [0.3, 0.4) is 0 Å². The van der Waals surface area contributed by atoms with Gasteiger partial charge < -0.3 is 0 Å². The molecule has 0 aromatic rings. The Morgan fingerprint density at radius 2 is 2.38 bits per heavy atom. The number of unbranched alkanes of at least 4 members (excludes halogenated alkanes) is 2. The van der Waals surface area contributed by atoms with E-state index in [1.54, 1.807) is 0 Å². The molecule has 0 radical (unpaired) electrons. The van der Waals surface area contributed by atoms with E-state index >= 15 is 0 Å². The molecular weight excluding hydrogens is 202 g/mol. The van der Waals surface area contributed by atoms with Crippen LogP contribution in [0.1, 0.15) is 52.9 Å². The van der Waals surface area contributed by atoms with Crippen LogP contribution in [0.25, 0.3) is 0 Å². The van der Waals surface area contributed by atoms with E-state index < -0.39 is 0 Å². The summed E-state index contributed by atoms with van der Waals surface area (Å²) in [6.45, 7) is 6.18. The van der Waals surface area contributed by atoms with Gasteiger partial charge in [-0.05, 0) is 26.7 Å². The third-order valence-corrected chi connectivity index (χ3v) is 2.83. The van der Waals surface area contributed by atoms with Gasteiger partial charge in [-0.1, -0.05) is 31.9 Å². The molecule has 1 rings (SSSR count). The largest absolute Gasteiger partial charge is 0.273 e. The third-order valence-electron chi connectivity index (χ3n) is 2.83. The van der Waals surface area contributed by atoms with Crippen LogP contribution >= 0.6 is 0 Å². The lowest BCUT2D eigenvalue weighted by molar-refractivity contribution is -0.197. The van der Waals surface area contributed by atoms with Crippen LogP contribution in [0.15, 0.2) is 12.2 Å². The van der Waals surface area contributed by atoms with E-state index in [0.29, 0.717) is 6.42 Å². The first-order chi connectivity index (χ1) is 7.65. The number of carbonyl (C=O) groups is 1. The number of carbonyl (C=O) groups excluding carboxylic acids is 1. The molecule has 3 nitrogen and oxygen atoms in total. The van der Waals surface area contributed by atoms with Crippen molar-refractivity contribution in [3.8, 4) is 0 Å². The minimum Gasteiger partial charge on any atom is -0.273 e. The standard InChI is InChI=1S/C13H23NO2/c1-4-5-6-7-8-12(3)16-14-11(2)9-10-13(14)15/h7-8,11-12H,4-6,9-10H2,1-3H3/b8-7+/t11-,12?/m1/s1. The highest BCUT2D eigenvalue weighted by Gasteiger charge is 2.29.